The lowest BCUT2D eigenvalue weighted by molar-refractivity contribution is 0.0952. The number of carbonyl (C=O) groups is 1. The van der Waals surface area contributed by atoms with Gasteiger partial charge in [0.05, 0.1) is 18.9 Å². The molecule has 0 radical (unpaired) electrons. The van der Waals surface area contributed by atoms with Crippen LogP contribution in [0.25, 0.3) is 0 Å². The Morgan fingerprint density at radius 1 is 1.07 bits per heavy atom. The number of rotatable bonds is 7. The fourth-order valence-electron chi connectivity index (χ4n) is 2.51. The maximum Gasteiger partial charge on any atom is 0.275 e. The van der Waals surface area contributed by atoms with E-state index in [1.54, 1.807) is 6.07 Å². The van der Waals surface area contributed by atoms with Crippen molar-refractivity contribution in [1.29, 1.82) is 0 Å². The average Bonchev–Trinajstić information content (AvgIpc) is 2.73. The van der Waals surface area contributed by atoms with Gasteiger partial charge in [-0.05, 0) is 29.8 Å². The van der Waals surface area contributed by atoms with Crippen molar-refractivity contribution in [2.75, 3.05) is 7.11 Å². The van der Waals surface area contributed by atoms with Gasteiger partial charge in [-0.1, -0.05) is 42.5 Å². The molecule has 28 heavy (non-hydrogen) atoms. The maximum atomic E-state index is 12.2. The highest BCUT2D eigenvalue weighted by Crippen LogP contribution is 2.23. The zero-order valence-electron chi connectivity index (χ0n) is 15.3. The number of hydrogen-bond acceptors (Lipinski definition) is 5. The summed E-state index contributed by atoms with van der Waals surface area (Å²) in [6, 6.07) is 21.6. The molecule has 0 bridgehead atoms. The van der Waals surface area contributed by atoms with E-state index in [1.807, 2.05) is 54.6 Å². The summed E-state index contributed by atoms with van der Waals surface area (Å²) in [5.41, 5.74) is 4.28. The first-order chi connectivity index (χ1) is 13.7. The normalized spacial score (nSPS) is 10.6. The van der Waals surface area contributed by atoms with Crippen molar-refractivity contribution in [1.82, 2.24) is 5.43 Å². The van der Waals surface area contributed by atoms with Crippen molar-refractivity contribution < 1.29 is 19.4 Å². The Morgan fingerprint density at radius 3 is 2.57 bits per heavy atom. The molecule has 0 atom stereocenters. The second-order valence-electron chi connectivity index (χ2n) is 5.89. The van der Waals surface area contributed by atoms with Gasteiger partial charge in [-0.25, -0.2) is 5.43 Å². The van der Waals surface area contributed by atoms with Crippen LogP contribution < -0.4 is 14.9 Å². The number of para-hydroxylation sites is 1. The molecule has 1 amide bonds. The predicted molar refractivity (Wildman–Crippen MR) is 107 cm³/mol. The van der Waals surface area contributed by atoms with Crippen LogP contribution in [-0.4, -0.2) is 24.3 Å². The van der Waals surface area contributed by atoms with E-state index in [2.05, 4.69) is 10.5 Å². The molecule has 3 rings (SSSR count). The summed E-state index contributed by atoms with van der Waals surface area (Å²) in [4.78, 5) is 12.2. The zero-order valence-corrected chi connectivity index (χ0v) is 15.3. The minimum absolute atomic E-state index is 0.103. The van der Waals surface area contributed by atoms with E-state index in [0.717, 1.165) is 11.1 Å². The molecule has 142 valence electrons. The van der Waals surface area contributed by atoms with Gasteiger partial charge in [0.2, 0.25) is 0 Å². The van der Waals surface area contributed by atoms with Gasteiger partial charge < -0.3 is 14.6 Å². The topological polar surface area (TPSA) is 80.2 Å². The minimum atomic E-state index is -0.529. The number of methoxy groups -OCH3 is 1. The summed E-state index contributed by atoms with van der Waals surface area (Å²) in [7, 11) is 1.48. The number of phenols is 1. The van der Waals surface area contributed by atoms with Gasteiger partial charge in [0.25, 0.3) is 5.91 Å². The first-order valence-electron chi connectivity index (χ1n) is 8.63. The average molecular weight is 376 g/mol. The zero-order chi connectivity index (χ0) is 19.8. The molecule has 2 N–H and O–H groups in total. The molecule has 0 spiro atoms. The number of carbonyl (C=O) groups excluding carboxylic acids is 1. The molecule has 0 heterocycles. The first kappa shape index (κ1) is 19.0. The molecular weight excluding hydrogens is 356 g/mol. The Morgan fingerprint density at radius 2 is 1.82 bits per heavy atom. The van der Waals surface area contributed by atoms with Crippen LogP contribution in [0.4, 0.5) is 0 Å². The van der Waals surface area contributed by atoms with Gasteiger partial charge in [0.15, 0.2) is 0 Å². The lowest BCUT2D eigenvalue weighted by atomic mass is 10.2. The summed E-state index contributed by atoms with van der Waals surface area (Å²) in [6.45, 7) is 0.428. The molecule has 0 aromatic heterocycles. The number of phenolic OH excluding ortho intramolecular Hbond substituents is 1. The van der Waals surface area contributed by atoms with Crippen molar-refractivity contribution in [3.05, 3.63) is 89.5 Å². The third-order valence-corrected chi connectivity index (χ3v) is 3.98. The third kappa shape index (κ3) is 4.88. The second-order valence-corrected chi connectivity index (χ2v) is 5.89. The Balaban J connectivity index is 1.65. The highest BCUT2D eigenvalue weighted by atomic mass is 16.5. The van der Waals surface area contributed by atoms with E-state index < -0.39 is 5.91 Å². The van der Waals surface area contributed by atoms with E-state index >= 15 is 0 Å². The van der Waals surface area contributed by atoms with Crippen molar-refractivity contribution >= 4 is 12.1 Å². The third-order valence-electron chi connectivity index (χ3n) is 3.98. The summed E-state index contributed by atoms with van der Waals surface area (Å²) in [6.07, 6.45) is 1.50. The number of aromatic hydroxyl groups is 1. The molecule has 6 heteroatoms. The Hall–Kier alpha value is -3.80. The largest absolute Gasteiger partial charge is 0.507 e. The number of hydrogen-bond donors (Lipinski definition) is 2. The number of hydrazone groups is 1. The molecule has 0 saturated carbocycles. The van der Waals surface area contributed by atoms with E-state index in [4.69, 9.17) is 9.47 Å². The highest BCUT2D eigenvalue weighted by Gasteiger charge is 2.11. The van der Waals surface area contributed by atoms with Crippen LogP contribution in [0.5, 0.6) is 17.2 Å². The van der Waals surface area contributed by atoms with E-state index in [9.17, 15) is 9.90 Å². The van der Waals surface area contributed by atoms with Gasteiger partial charge in [-0.15, -0.1) is 0 Å². The number of benzene rings is 3. The Labute approximate surface area is 163 Å². The van der Waals surface area contributed by atoms with Gasteiger partial charge in [0, 0.05) is 11.6 Å². The van der Waals surface area contributed by atoms with E-state index in [1.165, 1.54) is 25.5 Å². The molecule has 0 unspecified atom stereocenters. The summed E-state index contributed by atoms with van der Waals surface area (Å²) < 4.78 is 10.9. The smallest absolute Gasteiger partial charge is 0.275 e. The molecule has 6 nitrogen and oxygen atoms in total. The molecule has 3 aromatic carbocycles. The lowest BCUT2D eigenvalue weighted by Gasteiger charge is -2.09. The maximum absolute atomic E-state index is 12.2. The molecule has 3 aromatic rings. The van der Waals surface area contributed by atoms with Crippen LogP contribution in [0.3, 0.4) is 0 Å². The summed E-state index contributed by atoms with van der Waals surface area (Å²) in [5.74, 6) is 0.399. The van der Waals surface area contributed by atoms with Crippen molar-refractivity contribution in [3.8, 4) is 17.2 Å². The SMILES string of the molecule is COc1ccc(C(=O)N/N=C\c2ccccc2OCc2ccccc2)c(O)c1. The number of amides is 1. The van der Waals surface area contributed by atoms with Crippen molar-refractivity contribution in [2.24, 2.45) is 5.10 Å². The number of ether oxygens (including phenoxy) is 2. The summed E-state index contributed by atoms with van der Waals surface area (Å²) in [5, 5.41) is 13.9. The van der Waals surface area contributed by atoms with Crippen LogP contribution in [0.15, 0.2) is 77.9 Å². The van der Waals surface area contributed by atoms with Gasteiger partial charge in [-0.3, -0.25) is 4.79 Å². The molecule has 0 aliphatic carbocycles. The monoisotopic (exact) mass is 376 g/mol. The Kier molecular flexibility index (Phi) is 6.25. The van der Waals surface area contributed by atoms with Crippen LogP contribution in [-0.2, 0) is 6.61 Å². The predicted octanol–water partition coefficient (Wildman–Crippen LogP) is 3.74. The second kappa shape index (κ2) is 9.23. The van der Waals surface area contributed by atoms with Crippen LogP contribution in [0, 0.1) is 0 Å². The molecule has 0 aliphatic heterocycles. The quantitative estimate of drug-likeness (QED) is 0.486. The number of nitrogens with one attached hydrogen (secondary N) is 1. The number of nitrogens with zero attached hydrogens (tertiary/aromatic N) is 1. The van der Waals surface area contributed by atoms with Gasteiger partial charge >= 0.3 is 0 Å². The fourth-order valence-corrected chi connectivity index (χ4v) is 2.51. The molecule has 0 saturated heterocycles. The first-order valence-corrected chi connectivity index (χ1v) is 8.63. The standard InChI is InChI=1S/C22H20N2O4/c1-27-18-11-12-19(20(25)13-18)22(26)24-23-14-17-9-5-6-10-21(17)28-15-16-7-3-2-4-8-16/h2-14,25H,15H2,1H3,(H,24,26)/b23-14-. The minimum Gasteiger partial charge on any atom is -0.507 e. The van der Waals surface area contributed by atoms with Crippen LogP contribution in [0.1, 0.15) is 21.5 Å². The van der Waals surface area contributed by atoms with Crippen molar-refractivity contribution in [2.45, 2.75) is 6.61 Å². The van der Waals surface area contributed by atoms with Crippen LogP contribution >= 0.6 is 0 Å². The lowest BCUT2D eigenvalue weighted by Crippen LogP contribution is -2.17. The Bertz CT molecular complexity index is 971. The molecule has 0 aliphatic rings. The molecular formula is C22H20N2O4. The molecule has 0 fully saturated rings. The van der Waals surface area contributed by atoms with E-state index in [-0.39, 0.29) is 11.3 Å². The van der Waals surface area contributed by atoms with Gasteiger partial charge in [0.1, 0.15) is 23.9 Å². The highest BCUT2D eigenvalue weighted by molar-refractivity contribution is 5.97. The van der Waals surface area contributed by atoms with Crippen molar-refractivity contribution in [3.63, 3.8) is 0 Å². The van der Waals surface area contributed by atoms with Gasteiger partial charge in [-0.2, -0.15) is 5.10 Å². The van der Waals surface area contributed by atoms with Crippen LogP contribution in [0.2, 0.25) is 0 Å². The fraction of sp³-hybridized carbons (Fsp3) is 0.0909. The summed E-state index contributed by atoms with van der Waals surface area (Å²) >= 11 is 0. The van der Waals surface area contributed by atoms with E-state index in [0.29, 0.717) is 18.1 Å².